The predicted molar refractivity (Wildman–Crippen MR) is 69.9 cm³/mol. The maximum atomic E-state index is 5.92. The lowest BCUT2D eigenvalue weighted by atomic mass is 10.2. The lowest BCUT2D eigenvalue weighted by Gasteiger charge is -2.10. The van der Waals surface area contributed by atoms with Crippen molar-refractivity contribution in [3.05, 3.63) is 40.3 Å². The van der Waals surface area contributed by atoms with Crippen LogP contribution >= 0.6 is 23.2 Å². The third kappa shape index (κ3) is 2.83. The van der Waals surface area contributed by atoms with Gasteiger partial charge >= 0.3 is 0 Å². The number of rotatable bonds is 3. The molecule has 0 atom stereocenters. The number of hydrogen-bond acceptors (Lipinski definition) is 4. The highest BCUT2D eigenvalue weighted by Crippen LogP contribution is 2.34. The molecule has 0 unspecified atom stereocenters. The average Bonchev–Trinajstić information content (AvgIpc) is 2.36. The fraction of sp³-hybridized carbons (Fsp3) is 0.167. The summed E-state index contributed by atoms with van der Waals surface area (Å²) in [4.78, 5) is 7.66. The van der Waals surface area contributed by atoms with E-state index in [0.717, 1.165) is 5.56 Å². The van der Waals surface area contributed by atoms with Gasteiger partial charge in [-0.1, -0.05) is 17.7 Å². The van der Waals surface area contributed by atoms with Crippen molar-refractivity contribution in [3.8, 4) is 17.4 Å². The van der Waals surface area contributed by atoms with Crippen molar-refractivity contribution in [2.45, 2.75) is 6.92 Å². The SMILES string of the molecule is COc1cc(C)ccc1Oc1nc(Cl)ncc1Cl. The van der Waals surface area contributed by atoms with Crippen molar-refractivity contribution in [3.63, 3.8) is 0 Å². The summed E-state index contributed by atoms with van der Waals surface area (Å²) in [5, 5.41) is 0.350. The molecule has 2 aromatic rings. The molecule has 18 heavy (non-hydrogen) atoms. The van der Waals surface area contributed by atoms with Crippen LogP contribution in [0.5, 0.6) is 17.4 Å². The summed E-state index contributed by atoms with van der Waals surface area (Å²) in [5.41, 5.74) is 1.06. The van der Waals surface area contributed by atoms with Crippen LogP contribution in [0.4, 0.5) is 0 Å². The monoisotopic (exact) mass is 284 g/mol. The van der Waals surface area contributed by atoms with Crippen LogP contribution in [0.2, 0.25) is 10.3 Å². The predicted octanol–water partition coefficient (Wildman–Crippen LogP) is 3.89. The Hall–Kier alpha value is -1.52. The van der Waals surface area contributed by atoms with Crippen LogP contribution in [-0.4, -0.2) is 17.1 Å². The van der Waals surface area contributed by atoms with E-state index in [0.29, 0.717) is 11.5 Å². The van der Waals surface area contributed by atoms with E-state index in [9.17, 15) is 0 Å². The number of hydrogen-bond donors (Lipinski definition) is 0. The number of aryl methyl sites for hydroxylation is 1. The van der Waals surface area contributed by atoms with Gasteiger partial charge in [-0.15, -0.1) is 0 Å². The summed E-state index contributed by atoms with van der Waals surface area (Å²) in [6.45, 7) is 1.96. The van der Waals surface area contributed by atoms with E-state index in [-0.39, 0.29) is 16.2 Å². The minimum atomic E-state index is 0.0699. The Labute approximate surface area is 114 Å². The smallest absolute Gasteiger partial charge is 0.242 e. The van der Waals surface area contributed by atoms with E-state index < -0.39 is 0 Å². The largest absolute Gasteiger partial charge is 0.493 e. The topological polar surface area (TPSA) is 44.2 Å². The Morgan fingerprint density at radius 3 is 2.67 bits per heavy atom. The van der Waals surface area contributed by atoms with E-state index in [1.165, 1.54) is 6.20 Å². The minimum Gasteiger partial charge on any atom is -0.493 e. The minimum absolute atomic E-state index is 0.0699. The van der Waals surface area contributed by atoms with Crippen LogP contribution in [0.25, 0.3) is 0 Å². The Morgan fingerprint density at radius 1 is 1.17 bits per heavy atom. The average molecular weight is 285 g/mol. The van der Waals surface area contributed by atoms with Crippen LogP contribution in [0.15, 0.2) is 24.4 Å². The molecule has 6 heteroatoms. The van der Waals surface area contributed by atoms with Crippen LogP contribution in [0.1, 0.15) is 5.56 Å². The van der Waals surface area contributed by atoms with Crippen molar-refractivity contribution in [1.29, 1.82) is 0 Å². The van der Waals surface area contributed by atoms with Crippen LogP contribution in [-0.2, 0) is 0 Å². The van der Waals surface area contributed by atoms with Gasteiger partial charge in [0.05, 0.1) is 13.3 Å². The molecule has 0 fully saturated rings. The van der Waals surface area contributed by atoms with Gasteiger partial charge < -0.3 is 9.47 Å². The van der Waals surface area contributed by atoms with Crippen LogP contribution in [0.3, 0.4) is 0 Å². The van der Waals surface area contributed by atoms with Gasteiger partial charge in [0.25, 0.3) is 0 Å². The number of nitrogens with zero attached hydrogens (tertiary/aromatic N) is 2. The molecular formula is C12H10Cl2N2O2. The molecule has 0 saturated carbocycles. The Morgan fingerprint density at radius 2 is 1.94 bits per heavy atom. The van der Waals surface area contributed by atoms with Gasteiger partial charge in [0.1, 0.15) is 5.02 Å². The van der Waals surface area contributed by atoms with Gasteiger partial charge in [-0.25, -0.2) is 4.98 Å². The molecule has 0 aliphatic carbocycles. The zero-order chi connectivity index (χ0) is 13.1. The summed E-state index contributed by atoms with van der Waals surface area (Å²) in [6.07, 6.45) is 1.38. The van der Waals surface area contributed by atoms with Crippen molar-refractivity contribution >= 4 is 23.2 Å². The molecule has 0 amide bonds. The normalized spacial score (nSPS) is 10.2. The lowest BCUT2D eigenvalue weighted by molar-refractivity contribution is 0.373. The van der Waals surface area contributed by atoms with Gasteiger partial charge in [0, 0.05) is 0 Å². The van der Waals surface area contributed by atoms with Crippen molar-refractivity contribution in [1.82, 2.24) is 9.97 Å². The molecule has 1 aromatic carbocycles. The first-order valence-corrected chi connectivity index (χ1v) is 5.86. The third-order valence-electron chi connectivity index (χ3n) is 2.21. The van der Waals surface area contributed by atoms with Gasteiger partial charge in [-0.2, -0.15) is 4.98 Å². The Bertz CT molecular complexity index is 576. The number of halogens is 2. The number of benzene rings is 1. The summed E-state index contributed by atoms with van der Waals surface area (Å²) in [7, 11) is 1.57. The third-order valence-corrected chi connectivity index (χ3v) is 2.65. The standard InChI is InChI=1S/C12H10Cl2N2O2/c1-7-3-4-9(10(5-7)17-2)18-11-8(13)6-15-12(14)16-11/h3-6H,1-2H3. The quantitative estimate of drug-likeness (QED) is 0.802. The highest BCUT2D eigenvalue weighted by Gasteiger charge is 2.11. The summed E-state index contributed by atoms with van der Waals surface area (Å²) in [5.74, 6) is 1.30. The van der Waals surface area contributed by atoms with Crippen molar-refractivity contribution in [2.75, 3.05) is 7.11 Å². The van der Waals surface area contributed by atoms with Gasteiger partial charge in [-0.05, 0) is 36.2 Å². The molecular weight excluding hydrogens is 275 g/mol. The Balaban J connectivity index is 2.36. The second-order valence-electron chi connectivity index (χ2n) is 3.55. The number of methoxy groups -OCH3 is 1. The van der Waals surface area contributed by atoms with Gasteiger partial charge in [-0.3, -0.25) is 0 Å². The summed E-state index contributed by atoms with van der Waals surface area (Å²) in [6, 6.07) is 5.53. The summed E-state index contributed by atoms with van der Waals surface area (Å²) < 4.78 is 10.8. The molecule has 94 valence electrons. The molecule has 0 bridgehead atoms. The molecule has 0 N–H and O–H groups in total. The molecule has 0 radical (unpaired) electrons. The maximum absolute atomic E-state index is 5.92. The highest BCUT2D eigenvalue weighted by atomic mass is 35.5. The second kappa shape index (κ2) is 5.42. The first-order chi connectivity index (χ1) is 8.60. The number of ether oxygens (including phenoxy) is 2. The first-order valence-electron chi connectivity index (χ1n) is 5.10. The zero-order valence-electron chi connectivity index (χ0n) is 9.78. The molecule has 2 rings (SSSR count). The fourth-order valence-corrected chi connectivity index (χ4v) is 1.62. The lowest BCUT2D eigenvalue weighted by Crippen LogP contribution is -1.94. The molecule has 0 aliphatic heterocycles. The Kier molecular flexibility index (Phi) is 3.89. The summed E-state index contributed by atoms with van der Waals surface area (Å²) >= 11 is 11.6. The molecule has 0 spiro atoms. The van der Waals surface area contributed by atoms with Gasteiger partial charge in [0.15, 0.2) is 11.5 Å². The fourth-order valence-electron chi connectivity index (χ4n) is 1.37. The second-order valence-corrected chi connectivity index (χ2v) is 4.29. The highest BCUT2D eigenvalue weighted by molar-refractivity contribution is 6.32. The van der Waals surface area contributed by atoms with Crippen LogP contribution in [0, 0.1) is 6.92 Å². The van der Waals surface area contributed by atoms with E-state index >= 15 is 0 Å². The molecule has 0 aliphatic rings. The van der Waals surface area contributed by atoms with Crippen molar-refractivity contribution < 1.29 is 9.47 Å². The number of aromatic nitrogens is 2. The maximum Gasteiger partial charge on any atom is 0.242 e. The van der Waals surface area contributed by atoms with E-state index in [2.05, 4.69) is 9.97 Å². The molecule has 4 nitrogen and oxygen atoms in total. The van der Waals surface area contributed by atoms with E-state index in [1.54, 1.807) is 13.2 Å². The molecule has 1 heterocycles. The zero-order valence-corrected chi connectivity index (χ0v) is 11.3. The molecule has 0 saturated heterocycles. The van der Waals surface area contributed by atoms with Crippen LogP contribution < -0.4 is 9.47 Å². The molecule has 1 aromatic heterocycles. The van der Waals surface area contributed by atoms with Crippen molar-refractivity contribution in [2.24, 2.45) is 0 Å². The van der Waals surface area contributed by atoms with Gasteiger partial charge in [0.2, 0.25) is 11.2 Å². The van der Waals surface area contributed by atoms with E-state index in [1.807, 2.05) is 19.1 Å². The first kappa shape index (κ1) is 12.9. The van der Waals surface area contributed by atoms with E-state index in [4.69, 9.17) is 32.7 Å².